The zero-order valence-electron chi connectivity index (χ0n) is 15.9. The van der Waals surface area contributed by atoms with Gasteiger partial charge >= 0.3 is 0 Å². The Morgan fingerprint density at radius 2 is 1.82 bits per heavy atom. The summed E-state index contributed by atoms with van der Waals surface area (Å²) in [6.45, 7) is 2.80. The van der Waals surface area contributed by atoms with Gasteiger partial charge in [-0.2, -0.15) is 0 Å². The number of hydrogen-bond donors (Lipinski definition) is 0. The second-order valence-corrected chi connectivity index (χ2v) is 7.11. The van der Waals surface area contributed by atoms with Gasteiger partial charge in [-0.25, -0.2) is 9.97 Å². The van der Waals surface area contributed by atoms with Gasteiger partial charge in [0.1, 0.15) is 0 Å². The molecule has 0 bridgehead atoms. The summed E-state index contributed by atoms with van der Waals surface area (Å²) in [6.07, 6.45) is 7.60. The average molecular weight is 373 g/mol. The second kappa shape index (κ2) is 8.27. The first kappa shape index (κ1) is 18.3. The lowest BCUT2D eigenvalue weighted by Gasteiger charge is -2.25. The number of amides is 1. The summed E-state index contributed by atoms with van der Waals surface area (Å²) >= 11 is 0. The van der Waals surface area contributed by atoms with Crippen LogP contribution in [0.5, 0.6) is 0 Å². The number of pyridine rings is 1. The lowest BCUT2D eigenvalue weighted by molar-refractivity contribution is 0.0734. The molecule has 1 fully saturated rings. The fourth-order valence-corrected chi connectivity index (χ4v) is 3.57. The Hall–Kier alpha value is -3.12. The van der Waals surface area contributed by atoms with Crippen LogP contribution in [0.1, 0.15) is 22.3 Å². The summed E-state index contributed by atoms with van der Waals surface area (Å²) < 4.78 is 0. The van der Waals surface area contributed by atoms with Gasteiger partial charge < -0.3 is 4.90 Å². The lowest BCUT2D eigenvalue weighted by atomic mass is 10.2. The SMILES string of the molecule is CN(C(=O)c1cnc(-c2ccncc2)nc1)[C@H]1CCN(Cc2ccccc2)C1. The van der Waals surface area contributed by atoms with Gasteiger partial charge in [0.25, 0.3) is 5.91 Å². The molecular formula is C22H23N5O. The number of benzene rings is 1. The summed E-state index contributed by atoms with van der Waals surface area (Å²) in [5.41, 5.74) is 2.70. The number of hydrogen-bond acceptors (Lipinski definition) is 5. The van der Waals surface area contributed by atoms with Crippen molar-refractivity contribution in [1.82, 2.24) is 24.8 Å². The van der Waals surface area contributed by atoms with Crippen LogP contribution in [0.25, 0.3) is 11.4 Å². The molecule has 1 aliphatic rings. The van der Waals surface area contributed by atoms with Gasteiger partial charge in [-0.15, -0.1) is 0 Å². The van der Waals surface area contributed by atoms with Crippen LogP contribution in [0.15, 0.2) is 67.3 Å². The summed E-state index contributed by atoms with van der Waals surface area (Å²) in [6, 6.07) is 14.3. The van der Waals surface area contributed by atoms with Gasteiger partial charge in [-0.1, -0.05) is 30.3 Å². The molecule has 2 aromatic heterocycles. The summed E-state index contributed by atoms with van der Waals surface area (Å²) in [5.74, 6) is 0.560. The maximum Gasteiger partial charge on any atom is 0.257 e. The van der Waals surface area contributed by atoms with Crippen LogP contribution in [0.3, 0.4) is 0 Å². The highest BCUT2D eigenvalue weighted by Crippen LogP contribution is 2.19. The standard InChI is InChI=1S/C22H23N5O/c1-26(20-9-12-27(16-20)15-17-5-3-2-4-6-17)22(28)19-13-24-21(25-14-19)18-7-10-23-11-8-18/h2-8,10-11,13-14,20H,9,12,15-16H2,1H3/t20-/m0/s1. The quantitative estimate of drug-likeness (QED) is 0.688. The Labute approximate surface area is 164 Å². The molecule has 3 heterocycles. The third-order valence-corrected chi connectivity index (χ3v) is 5.20. The maximum atomic E-state index is 12.9. The maximum absolute atomic E-state index is 12.9. The number of likely N-dealkylation sites (N-methyl/N-ethyl adjacent to an activating group) is 1. The Kier molecular flexibility index (Phi) is 5.39. The fraction of sp³-hybridized carbons (Fsp3) is 0.273. The van der Waals surface area contributed by atoms with Crippen molar-refractivity contribution < 1.29 is 4.79 Å². The van der Waals surface area contributed by atoms with Gasteiger partial charge in [0.05, 0.1) is 5.56 Å². The number of rotatable bonds is 5. The van der Waals surface area contributed by atoms with Crippen molar-refractivity contribution in [2.75, 3.05) is 20.1 Å². The van der Waals surface area contributed by atoms with Crippen molar-refractivity contribution in [3.05, 3.63) is 78.4 Å². The normalized spacial score (nSPS) is 16.8. The Morgan fingerprint density at radius 1 is 1.11 bits per heavy atom. The molecule has 1 atom stereocenters. The third-order valence-electron chi connectivity index (χ3n) is 5.20. The van der Waals surface area contributed by atoms with Crippen molar-refractivity contribution in [2.24, 2.45) is 0 Å². The van der Waals surface area contributed by atoms with Gasteiger partial charge in [0.2, 0.25) is 0 Å². The first-order chi connectivity index (χ1) is 13.7. The van der Waals surface area contributed by atoms with Crippen molar-refractivity contribution in [3.63, 3.8) is 0 Å². The molecule has 0 spiro atoms. The second-order valence-electron chi connectivity index (χ2n) is 7.11. The zero-order chi connectivity index (χ0) is 19.3. The molecule has 0 aliphatic carbocycles. The molecule has 0 radical (unpaired) electrons. The molecule has 1 aromatic carbocycles. The molecule has 1 amide bonds. The van der Waals surface area contributed by atoms with E-state index in [2.05, 4.69) is 44.1 Å². The molecule has 1 aliphatic heterocycles. The monoisotopic (exact) mass is 373 g/mol. The van der Waals surface area contributed by atoms with E-state index in [0.29, 0.717) is 11.4 Å². The minimum absolute atomic E-state index is 0.0344. The van der Waals surface area contributed by atoms with E-state index < -0.39 is 0 Å². The van der Waals surface area contributed by atoms with E-state index >= 15 is 0 Å². The predicted octanol–water partition coefficient (Wildman–Crippen LogP) is 2.89. The van der Waals surface area contributed by atoms with E-state index in [0.717, 1.165) is 31.6 Å². The number of carbonyl (C=O) groups is 1. The van der Waals surface area contributed by atoms with Crippen molar-refractivity contribution in [2.45, 2.75) is 19.0 Å². The molecule has 0 unspecified atom stereocenters. The van der Waals surface area contributed by atoms with Crippen LogP contribution in [0.4, 0.5) is 0 Å². The fourth-order valence-electron chi connectivity index (χ4n) is 3.57. The van der Waals surface area contributed by atoms with E-state index in [1.165, 1.54) is 5.56 Å². The molecule has 1 saturated heterocycles. The minimum Gasteiger partial charge on any atom is -0.337 e. The Bertz CT molecular complexity index is 915. The smallest absolute Gasteiger partial charge is 0.257 e. The number of carbonyl (C=O) groups excluding carboxylic acids is 1. The average Bonchev–Trinajstić information content (AvgIpc) is 3.22. The van der Waals surface area contributed by atoms with E-state index in [1.807, 2.05) is 30.1 Å². The summed E-state index contributed by atoms with van der Waals surface area (Å²) in [4.78, 5) is 29.8. The van der Waals surface area contributed by atoms with E-state index in [1.54, 1.807) is 24.8 Å². The summed E-state index contributed by atoms with van der Waals surface area (Å²) in [7, 11) is 1.87. The van der Waals surface area contributed by atoms with Gasteiger partial charge in [0.15, 0.2) is 5.82 Å². The highest BCUT2D eigenvalue weighted by molar-refractivity contribution is 5.93. The molecule has 3 aromatic rings. The molecule has 0 N–H and O–H groups in total. The number of aromatic nitrogens is 3. The molecule has 4 rings (SSSR count). The third kappa shape index (κ3) is 4.07. The molecule has 0 saturated carbocycles. The van der Waals surface area contributed by atoms with Crippen LogP contribution < -0.4 is 0 Å². The van der Waals surface area contributed by atoms with Crippen LogP contribution in [-0.4, -0.2) is 56.8 Å². The zero-order valence-corrected chi connectivity index (χ0v) is 15.9. The van der Waals surface area contributed by atoms with Crippen LogP contribution in [0, 0.1) is 0 Å². The molecule has 142 valence electrons. The van der Waals surface area contributed by atoms with Crippen molar-refractivity contribution in [3.8, 4) is 11.4 Å². The Morgan fingerprint density at radius 3 is 2.54 bits per heavy atom. The van der Waals surface area contributed by atoms with Crippen LogP contribution in [0.2, 0.25) is 0 Å². The van der Waals surface area contributed by atoms with Crippen LogP contribution in [-0.2, 0) is 6.54 Å². The first-order valence-corrected chi connectivity index (χ1v) is 9.46. The van der Waals surface area contributed by atoms with Crippen molar-refractivity contribution in [1.29, 1.82) is 0 Å². The van der Waals surface area contributed by atoms with Crippen LogP contribution >= 0.6 is 0 Å². The number of nitrogens with zero attached hydrogens (tertiary/aromatic N) is 5. The largest absolute Gasteiger partial charge is 0.337 e. The topological polar surface area (TPSA) is 62.2 Å². The molecule has 28 heavy (non-hydrogen) atoms. The van der Waals surface area contributed by atoms with E-state index in [9.17, 15) is 4.79 Å². The van der Waals surface area contributed by atoms with Gasteiger partial charge in [0, 0.05) is 63.1 Å². The highest BCUT2D eigenvalue weighted by Gasteiger charge is 2.29. The minimum atomic E-state index is -0.0344. The lowest BCUT2D eigenvalue weighted by Crippen LogP contribution is -2.39. The summed E-state index contributed by atoms with van der Waals surface area (Å²) in [5, 5.41) is 0. The first-order valence-electron chi connectivity index (χ1n) is 9.46. The van der Waals surface area contributed by atoms with Gasteiger partial charge in [-0.05, 0) is 24.1 Å². The Balaban J connectivity index is 1.38. The van der Waals surface area contributed by atoms with Crippen molar-refractivity contribution >= 4 is 5.91 Å². The van der Waals surface area contributed by atoms with E-state index in [4.69, 9.17) is 0 Å². The molecule has 6 heteroatoms. The predicted molar refractivity (Wildman–Crippen MR) is 107 cm³/mol. The van der Waals surface area contributed by atoms with E-state index in [-0.39, 0.29) is 11.9 Å². The van der Waals surface area contributed by atoms with Gasteiger partial charge in [-0.3, -0.25) is 14.7 Å². The highest BCUT2D eigenvalue weighted by atomic mass is 16.2. The molecular weight excluding hydrogens is 350 g/mol. The number of likely N-dealkylation sites (tertiary alicyclic amines) is 1. The molecule has 6 nitrogen and oxygen atoms in total.